The molecule has 0 amide bonds. The van der Waals surface area contributed by atoms with Crippen molar-refractivity contribution in [3.8, 4) is 5.75 Å². The highest BCUT2D eigenvalue weighted by atomic mass is 16.9. The Morgan fingerprint density at radius 3 is 2.28 bits per heavy atom. The van der Waals surface area contributed by atoms with E-state index in [-0.39, 0.29) is 17.9 Å². The minimum atomic E-state index is -1.70. The van der Waals surface area contributed by atoms with Gasteiger partial charge in [-0.3, -0.25) is 0 Å². The molecule has 0 aromatic heterocycles. The van der Waals surface area contributed by atoms with Gasteiger partial charge in [-0.25, -0.2) is 9.59 Å². The third-order valence-electron chi connectivity index (χ3n) is 3.16. The molecule has 2 rings (SSSR count). The second-order valence-electron chi connectivity index (χ2n) is 5.15. The van der Waals surface area contributed by atoms with E-state index in [0.717, 1.165) is 0 Å². The molecule has 0 aliphatic rings. The quantitative estimate of drug-likeness (QED) is 0.449. The van der Waals surface area contributed by atoms with E-state index < -0.39 is 17.9 Å². The highest BCUT2D eigenvalue weighted by Crippen LogP contribution is 2.23. The molecule has 0 fully saturated rings. The van der Waals surface area contributed by atoms with Crippen molar-refractivity contribution < 1.29 is 28.9 Å². The van der Waals surface area contributed by atoms with Gasteiger partial charge in [-0.15, -0.1) is 6.58 Å². The Labute approximate surface area is 145 Å². The lowest BCUT2D eigenvalue weighted by molar-refractivity contribution is -0.299. The van der Waals surface area contributed by atoms with E-state index in [1.165, 1.54) is 37.3 Å². The third kappa shape index (κ3) is 5.19. The lowest BCUT2D eigenvalue weighted by Crippen LogP contribution is -2.41. The molecular formula is C19H18O6. The summed E-state index contributed by atoms with van der Waals surface area (Å²) in [6, 6.07) is 14.1. The van der Waals surface area contributed by atoms with Crippen LogP contribution in [-0.4, -0.2) is 29.6 Å². The predicted molar refractivity (Wildman–Crippen MR) is 90.4 cm³/mol. The molecule has 6 heteroatoms. The van der Waals surface area contributed by atoms with Crippen LogP contribution in [0.4, 0.5) is 0 Å². The van der Waals surface area contributed by atoms with Crippen molar-refractivity contribution in [3.05, 3.63) is 78.4 Å². The minimum Gasteiger partial charge on any atom is -0.478 e. The van der Waals surface area contributed by atoms with Crippen LogP contribution in [0.3, 0.4) is 0 Å². The van der Waals surface area contributed by atoms with Gasteiger partial charge in [0.05, 0.1) is 17.7 Å². The zero-order valence-corrected chi connectivity index (χ0v) is 13.7. The first-order valence-electron chi connectivity index (χ1n) is 7.49. The van der Waals surface area contributed by atoms with E-state index in [4.69, 9.17) is 19.3 Å². The first kappa shape index (κ1) is 18.2. The van der Waals surface area contributed by atoms with Crippen molar-refractivity contribution in [3.63, 3.8) is 0 Å². The summed E-state index contributed by atoms with van der Waals surface area (Å²) in [7, 11) is 0. The highest BCUT2D eigenvalue weighted by Gasteiger charge is 2.33. The van der Waals surface area contributed by atoms with Gasteiger partial charge in [-0.05, 0) is 36.4 Å². The fraction of sp³-hybridized carbons (Fsp3) is 0.158. The molecule has 130 valence electrons. The molecule has 25 heavy (non-hydrogen) atoms. The molecule has 0 aliphatic heterocycles. The number of hydrogen-bond donors (Lipinski definition) is 1. The molecule has 0 radical (unpaired) electrons. The van der Waals surface area contributed by atoms with Crippen LogP contribution in [0.5, 0.6) is 5.75 Å². The summed E-state index contributed by atoms with van der Waals surface area (Å²) in [4.78, 5) is 23.2. The molecular weight excluding hydrogens is 324 g/mol. The molecule has 0 saturated heterocycles. The van der Waals surface area contributed by atoms with E-state index in [9.17, 15) is 9.59 Å². The first-order chi connectivity index (χ1) is 11.9. The molecule has 0 bridgehead atoms. The number of hydrogen-bond acceptors (Lipinski definition) is 5. The van der Waals surface area contributed by atoms with Gasteiger partial charge < -0.3 is 19.3 Å². The molecule has 2 aromatic carbocycles. The van der Waals surface area contributed by atoms with E-state index in [2.05, 4.69) is 6.58 Å². The van der Waals surface area contributed by atoms with Crippen LogP contribution in [0.15, 0.2) is 67.3 Å². The third-order valence-corrected chi connectivity index (χ3v) is 3.16. The number of rotatable bonds is 8. The zero-order valence-electron chi connectivity index (χ0n) is 13.7. The lowest BCUT2D eigenvalue weighted by atomic mass is 10.2. The summed E-state index contributed by atoms with van der Waals surface area (Å²) >= 11 is 0. The standard InChI is InChI=1S/C19H18O6/c1-3-13-23-19(2,25-18(22)15-7-5-4-6-8-15)24-16-11-9-14(10-12-16)17(20)21/h3-12H,1,13H2,2H3,(H,20,21). The number of carbonyl (C=O) groups excluding carboxylic acids is 1. The topological polar surface area (TPSA) is 82.1 Å². The van der Waals surface area contributed by atoms with Gasteiger partial charge in [0, 0.05) is 6.92 Å². The second-order valence-corrected chi connectivity index (χ2v) is 5.15. The summed E-state index contributed by atoms with van der Waals surface area (Å²) in [6.07, 6.45) is 1.49. The van der Waals surface area contributed by atoms with Crippen LogP contribution in [0.2, 0.25) is 0 Å². The summed E-state index contributed by atoms with van der Waals surface area (Å²) in [5.41, 5.74) is 0.461. The van der Waals surface area contributed by atoms with Gasteiger partial charge >= 0.3 is 17.9 Å². The average molecular weight is 342 g/mol. The predicted octanol–water partition coefficient (Wildman–Crippen LogP) is 3.50. The Morgan fingerprint density at radius 2 is 1.72 bits per heavy atom. The van der Waals surface area contributed by atoms with Gasteiger partial charge in [0.1, 0.15) is 5.75 Å². The zero-order chi connectivity index (χ0) is 18.3. The fourth-order valence-electron chi connectivity index (χ4n) is 1.97. The second kappa shape index (κ2) is 8.12. The minimum absolute atomic E-state index is 0.0891. The van der Waals surface area contributed by atoms with Gasteiger partial charge in [-0.2, -0.15) is 0 Å². The number of carbonyl (C=O) groups is 2. The van der Waals surface area contributed by atoms with Crippen molar-refractivity contribution in [2.24, 2.45) is 0 Å². The molecule has 6 nitrogen and oxygen atoms in total. The number of aromatic carboxylic acids is 1. The van der Waals surface area contributed by atoms with Crippen LogP contribution >= 0.6 is 0 Å². The maximum atomic E-state index is 12.3. The van der Waals surface area contributed by atoms with Gasteiger partial charge in [-0.1, -0.05) is 24.3 Å². The Morgan fingerprint density at radius 1 is 1.08 bits per heavy atom. The largest absolute Gasteiger partial charge is 0.478 e. The van der Waals surface area contributed by atoms with Crippen molar-refractivity contribution >= 4 is 11.9 Å². The van der Waals surface area contributed by atoms with E-state index >= 15 is 0 Å². The van der Waals surface area contributed by atoms with Crippen molar-refractivity contribution in [2.75, 3.05) is 6.61 Å². The number of ether oxygens (including phenoxy) is 3. The molecule has 0 heterocycles. The SMILES string of the molecule is C=CCOC(C)(OC(=O)c1ccccc1)Oc1ccc(C(=O)O)cc1. The van der Waals surface area contributed by atoms with Crippen LogP contribution in [-0.2, 0) is 9.47 Å². The summed E-state index contributed by atoms with van der Waals surface area (Å²) in [6.45, 7) is 5.09. The Hall–Kier alpha value is -3.12. The average Bonchev–Trinajstić information content (AvgIpc) is 2.61. The summed E-state index contributed by atoms with van der Waals surface area (Å²) in [5, 5.41) is 8.92. The fourth-order valence-corrected chi connectivity index (χ4v) is 1.97. The van der Waals surface area contributed by atoms with E-state index in [0.29, 0.717) is 5.56 Å². The molecule has 0 spiro atoms. The smallest absolute Gasteiger partial charge is 0.371 e. The van der Waals surface area contributed by atoms with Crippen LogP contribution in [0.25, 0.3) is 0 Å². The maximum Gasteiger partial charge on any atom is 0.371 e. The van der Waals surface area contributed by atoms with Crippen molar-refractivity contribution in [1.82, 2.24) is 0 Å². The van der Waals surface area contributed by atoms with Gasteiger partial charge in [0.2, 0.25) is 0 Å². The highest BCUT2D eigenvalue weighted by molar-refractivity contribution is 5.89. The number of esters is 1. The van der Waals surface area contributed by atoms with Gasteiger partial charge in [0.25, 0.3) is 0 Å². The summed E-state index contributed by atoms with van der Waals surface area (Å²) < 4.78 is 16.4. The molecule has 1 atom stereocenters. The Kier molecular flexibility index (Phi) is 5.92. The van der Waals surface area contributed by atoms with Crippen LogP contribution < -0.4 is 4.74 Å². The number of benzene rings is 2. The monoisotopic (exact) mass is 342 g/mol. The lowest BCUT2D eigenvalue weighted by Gasteiger charge is -2.29. The van der Waals surface area contributed by atoms with Crippen molar-refractivity contribution in [2.45, 2.75) is 12.9 Å². The van der Waals surface area contributed by atoms with Crippen LogP contribution in [0.1, 0.15) is 27.6 Å². The van der Waals surface area contributed by atoms with E-state index in [1.54, 1.807) is 30.3 Å². The van der Waals surface area contributed by atoms with Crippen LogP contribution in [0, 0.1) is 0 Å². The molecule has 0 saturated carbocycles. The molecule has 1 unspecified atom stereocenters. The normalized spacial score (nSPS) is 12.7. The molecule has 0 aliphatic carbocycles. The Bertz CT molecular complexity index is 738. The van der Waals surface area contributed by atoms with E-state index in [1.807, 2.05) is 0 Å². The summed E-state index contributed by atoms with van der Waals surface area (Å²) in [5.74, 6) is -3.08. The Balaban J connectivity index is 2.16. The molecule has 2 aromatic rings. The van der Waals surface area contributed by atoms with Gasteiger partial charge in [0.15, 0.2) is 0 Å². The number of carboxylic acid groups (broad SMARTS) is 1. The van der Waals surface area contributed by atoms with Crippen molar-refractivity contribution in [1.29, 1.82) is 0 Å². The maximum absolute atomic E-state index is 12.3. The molecule has 1 N–H and O–H groups in total. The number of carboxylic acids is 1. The first-order valence-corrected chi connectivity index (χ1v) is 7.49.